The highest BCUT2D eigenvalue weighted by Crippen LogP contribution is 2.22. The summed E-state index contributed by atoms with van der Waals surface area (Å²) in [5.74, 6) is -0.363. The summed E-state index contributed by atoms with van der Waals surface area (Å²) in [5.41, 5.74) is 6.40. The van der Waals surface area contributed by atoms with Gasteiger partial charge in [0.05, 0.1) is 24.4 Å². The van der Waals surface area contributed by atoms with Crippen LogP contribution in [0.25, 0.3) is 0 Å². The first-order chi connectivity index (χ1) is 8.49. The third kappa shape index (κ3) is 5.29. The Morgan fingerprint density at radius 1 is 1.50 bits per heavy atom. The van der Waals surface area contributed by atoms with E-state index in [4.69, 9.17) is 17.3 Å². The lowest BCUT2D eigenvalue weighted by Gasteiger charge is -2.08. The number of anilines is 2. The number of nitrogen functional groups attached to an aromatic ring is 1. The number of nitrogens with one attached hydrogen (secondary N) is 1. The Kier molecular flexibility index (Phi) is 5.80. The standard InChI is InChI=1S/C11H13ClF2N2O2/c12-7-1-2-9(8(15)5-7)16-11(17)3-4-18-6-10(13)14/h1-2,5,10H,3-4,6,15H2,(H,16,17). The molecular formula is C11H13ClF2N2O2. The molecule has 4 nitrogen and oxygen atoms in total. The largest absolute Gasteiger partial charge is 0.397 e. The Bertz CT molecular complexity index is 416. The second-order valence-electron chi connectivity index (χ2n) is 3.50. The zero-order valence-corrected chi connectivity index (χ0v) is 10.2. The summed E-state index contributed by atoms with van der Waals surface area (Å²) in [6.07, 6.45) is -2.55. The molecule has 0 fully saturated rings. The lowest BCUT2D eigenvalue weighted by molar-refractivity contribution is -0.117. The van der Waals surface area contributed by atoms with E-state index < -0.39 is 13.0 Å². The number of carbonyl (C=O) groups is 1. The summed E-state index contributed by atoms with van der Waals surface area (Å²) in [6.45, 7) is -0.736. The Hall–Kier alpha value is -1.40. The van der Waals surface area contributed by atoms with Crippen LogP contribution in [0.3, 0.4) is 0 Å². The number of hydrogen-bond donors (Lipinski definition) is 2. The van der Waals surface area contributed by atoms with Gasteiger partial charge in [-0.15, -0.1) is 0 Å². The quantitative estimate of drug-likeness (QED) is 0.621. The van der Waals surface area contributed by atoms with Crippen LogP contribution in [-0.4, -0.2) is 25.5 Å². The molecule has 1 amide bonds. The number of halogens is 3. The maximum atomic E-state index is 11.7. The molecule has 0 heterocycles. The van der Waals surface area contributed by atoms with Gasteiger partial charge >= 0.3 is 0 Å². The summed E-state index contributed by atoms with van der Waals surface area (Å²) in [4.78, 5) is 11.4. The van der Waals surface area contributed by atoms with Crippen LogP contribution < -0.4 is 11.1 Å². The van der Waals surface area contributed by atoms with Gasteiger partial charge in [-0.05, 0) is 18.2 Å². The summed E-state index contributed by atoms with van der Waals surface area (Å²) < 4.78 is 28.1. The molecule has 7 heteroatoms. The van der Waals surface area contributed by atoms with Gasteiger partial charge in [0.15, 0.2) is 0 Å². The molecule has 0 aromatic heterocycles. The van der Waals surface area contributed by atoms with Crippen LogP contribution in [0.4, 0.5) is 20.2 Å². The maximum Gasteiger partial charge on any atom is 0.261 e. The first-order valence-corrected chi connectivity index (χ1v) is 5.57. The van der Waals surface area contributed by atoms with E-state index in [-0.39, 0.29) is 18.9 Å². The minimum atomic E-state index is -2.53. The van der Waals surface area contributed by atoms with E-state index in [0.717, 1.165) is 0 Å². The van der Waals surface area contributed by atoms with Crippen molar-refractivity contribution in [2.45, 2.75) is 12.8 Å². The highest BCUT2D eigenvalue weighted by Gasteiger charge is 2.07. The SMILES string of the molecule is Nc1cc(Cl)ccc1NC(=O)CCOCC(F)F. The minimum Gasteiger partial charge on any atom is -0.397 e. The Morgan fingerprint density at radius 3 is 2.83 bits per heavy atom. The molecule has 0 saturated carbocycles. The highest BCUT2D eigenvalue weighted by molar-refractivity contribution is 6.31. The van der Waals surface area contributed by atoms with E-state index in [1.165, 1.54) is 6.07 Å². The maximum absolute atomic E-state index is 11.7. The summed E-state index contributed by atoms with van der Waals surface area (Å²) in [6, 6.07) is 4.65. The topological polar surface area (TPSA) is 64.3 Å². The molecule has 0 aliphatic heterocycles. The van der Waals surface area contributed by atoms with Crippen LogP contribution in [0.2, 0.25) is 5.02 Å². The van der Waals surface area contributed by atoms with Crippen LogP contribution >= 0.6 is 11.6 Å². The fourth-order valence-electron chi connectivity index (χ4n) is 1.20. The highest BCUT2D eigenvalue weighted by atomic mass is 35.5. The van der Waals surface area contributed by atoms with Crippen LogP contribution in [0.1, 0.15) is 6.42 Å². The Balaban J connectivity index is 2.35. The molecule has 0 bridgehead atoms. The first-order valence-electron chi connectivity index (χ1n) is 5.20. The van der Waals surface area contributed by atoms with E-state index in [9.17, 15) is 13.6 Å². The monoisotopic (exact) mass is 278 g/mol. The van der Waals surface area contributed by atoms with Crippen molar-refractivity contribution in [1.29, 1.82) is 0 Å². The molecule has 0 radical (unpaired) electrons. The second kappa shape index (κ2) is 7.13. The number of alkyl halides is 2. The van der Waals surface area contributed by atoms with Crippen molar-refractivity contribution in [1.82, 2.24) is 0 Å². The molecule has 1 aromatic carbocycles. The first kappa shape index (κ1) is 14.7. The molecule has 1 rings (SSSR count). The van der Waals surface area contributed by atoms with Gasteiger partial charge in [0.1, 0.15) is 6.61 Å². The van der Waals surface area contributed by atoms with Crippen molar-refractivity contribution in [3.63, 3.8) is 0 Å². The van der Waals surface area contributed by atoms with Gasteiger partial charge in [0.2, 0.25) is 5.91 Å². The summed E-state index contributed by atoms with van der Waals surface area (Å²) in [5, 5.41) is 3.00. The Labute approximate surface area is 108 Å². The van der Waals surface area contributed by atoms with Crippen molar-refractivity contribution in [2.75, 3.05) is 24.3 Å². The van der Waals surface area contributed by atoms with Gasteiger partial charge in [-0.3, -0.25) is 4.79 Å². The van der Waals surface area contributed by atoms with Gasteiger partial charge in [-0.2, -0.15) is 0 Å². The second-order valence-corrected chi connectivity index (χ2v) is 3.93. The number of benzene rings is 1. The van der Waals surface area contributed by atoms with E-state index >= 15 is 0 Å². The molecule has 18 heavy (non-hydrogen) atoms. The molecule has 0 spiro atoms. The normalized spacial score (nSPS) is 10.7. The van der Waals surface area contributed by atoms with Crippen LogP contribution in [-0.2, 0) is 9.53 Å². The van der Waals surface area contributed by atoms with E-state index in [2.05, 4.69) is 10.1 Å². The average molecular weight is 279 g/mol. The predicted molar refractivity (Wildman–Crippen MR) is 65.9 cm³/mol. The fourth-order valence-corrected chi connectivity index (χ4v) is 1.38. The van der Waals surface area contributed by atoms with E-state index in [1.807, 2.05) is 0 Å². The number of amides is 1. The summed E-state index contributed by atoms with van der Waals surface area (Å²) in [7, 11) is 0. The summed E-state index contributed by atoms with van der Waals surface area (Å²) >= 11 is 5.70. The zero-order chi connectivity index (χ0) is 13.5. The lowest BCUT2D eigenvalue weighted by atomic mass is 10.2. The Morgan fingerprint density at radius 2 is 2.22 bits per heavy atom. The van der Waals surface area contributed by atoms with E-state index in [0.29, 0.717) is 16.4 Å². The number of nitrogens with two attached hydrogens (primary N) is 1. The van der Waals surface area contributed by atoms with Gasteiger partial charge in [-0.1, -0.05) is 11.6 Å². The predicted octanol–water partition coefficient (Wildman–Crippen LogP) is 2.53. The van der Waals surface area contributed by atoms with Crippen LogP contribution in [0.15, 0.2) is 18.2 Å². The van der Waals surface area contributed by atoms with Crippen molar-refractivity contribution in [3.05, 3.63) is 23.2 Å². The van der Waals surface area contributed by atoms with Gasteiger partial charge in [0, 0.05) is 5.02 Å². The third-order valence-electron chi connectivity index (χ3n) is 2.01. The molecular weight excluding hydrogens is 266 g/mol. The van der Waals surface area contributed by atoms with Crippen molar-refractivity contribution >= 4 is 28.9 Å². The number of ether oxygens (including phenoxy) is 1. The molecule has 100 valence electrons. The molecule has 0 saturated heterocycles. The van der Waals surface area contributed by atoms with Crippen LogP contribution in [0.5, 0.6) is 0 Å². The molecule has 0 aliphatic rings. The van der Waals surface area contributed by atoms with Gasteiger partial charge < -0.3 is 15.8 Å². The lowest BCUT2D eigenvalue weighted by Crippen LogP contribution is -2.16. The van der Waals surface area contributed by atoms with Crippen molar-refractivity contribution in [2.24, 2.45) is 0 Å². The number of carbonyl (C=O) groups excluding carboxylic acids is 1. The minimum absolute atomic E-state index is 0.0191. The van der Waals surface area contributed by atoms with Gasteiger partial charge in [-0.25, -0.2) is 8.78 Å². The number of rotatable bonds is 6. The fraction of sp³-hybridized carbons (Fsp3) is 0.364. The molecule has 0 atom stereocenters. The average Bonchev–Trinajstić information content (AvgIpc) is 2.28. The van der Waals surface area contributed by atoms with E-state index in [1.54, 1.807) is 12.1 Å². The number of hydrogen-bond acceptors (Lipinski definition) is 3. The molecule has 1 aromatic rings. The zero-order valence-electron chi connectivity index (χ0n) is 9.46. The van der Waals surface area contributed by atoms with Crippen molar-refractivity contribution in [3.8, 4) is 0 Å². The molecule has 3 N–H and O–H groups in total. The molecule has 0 unspecified atom stereocenters. The third-order valence-corrected chi connectivity index (χ3v) is 2.24. The van der Waals surface area contributed by atoms with Crippen molar-refractivity contribution < 1.29 is 18.3 Å². The van der Waals surface area contributed by atoms with Crippen LogP contribution in [0, 0.1) is 0 Å². The molecule has 0 aliphatic carbocycles. The smallest absolute Gasteiger partial charge is 0.261 e. The van der Waals surface area contributed by atoms with Gasteiger partial charge in [0.25, 0.3) is 6.43 Å².